The molecule has 1 saturated carbocycles. The fourth-order valence-corrected chi connectivity index (χ4v) is 3.74. The zero-order valence-corrected chi connectivity index (χ0v) is 18.1. The molecule has 0 bridgehead atoms. The van der Waals surface area contributed by atoms with E-state index in [1.54, 1.807) is 4.90 Å². The van der Waals surface area contributed by atoms with Crippen LogP contribution in [0.4, 0.5) is 4.79 Å². The lowest BCUT2D eigenvalue weighted by Crippen LogP contribution is -2.49. The van der Waals surface area contributed by atoms with Crippen LogP contribution in [0.2, 0.25) is 0 Å². The van der Waals surface area contributed by atoms with Crippen LogP contribution in [0.15, 0.2) is 24.3 Å². The van der Waals surface area contributed by atoms with E-state index in [4.69, 9.17) is 9.47 Å². The Morgan fingerprint density at radius 3 is 2.52 bits per heavy atom. The molecule has 3 rings (SSSR count). The zero-order chi connectivity index (χ0) is 21.0. The van der Waals surface area contributed by atoms with Gasteiger partial charge in [-0.05, 0) is 77.8 Å². The number of para-hydroxylation sites is 1. The molecule has 1 saturated heterocycles. The Balaban J connectivity index is 1.59. The predicted molar refractivity (Wildman–Crippen MR) is 112 cm³/mol. The van der Waals surface area contributed by atoms with E-state index >= 15 is 0 Å². The third-order valence-corrected chi connectivity index (χ3v) is 5.65. The minimum atomic E-state index is -0.506. The molecule has 29 heavy (non-hydrogen) atoms. The van der Waals surface area contributed by atoms with Gasteiger partial charge in [0.1, 0.15) is 11.4 Å². The molecule has 0 radical (unpaired) electrons. The van der Waals surface area contributed by atoms with Gasteiger partial charge in [0, 0.05) is 19.1 Å². The van der Waals surface area contributed by atoms with Gasteiger partial charge in [0.25, 0.3) is 5.91 Å². The van der Waals surface area contributed by atoms with E-state index < -0.39 is 5.60 Å². The fourth-order valence-electron chi connectivity index (χ4n) is 3.74. The van der Waals surface area contributed by atoms with Crippen molar-refractivity contribution < 1.29 is 19.1 Å². The van der Waals surface area contributed by atoms with Gasteiger partial charge in [-0.1, -0.05) is 12.1 Å². The molecular formula is C23H34N2O4. The summed E-state index contributed by atoms with van der Waals surface area (Å²) >= 11 is 0. The van der Waals surface area contributed by atoms with E-state index in [1.807, 2.05) is 52.0 Å². The molecule has 2 aliphatic rings. The molecule has 2 atom stereocenters. The highest BCUT2D eigenvalue weighted by molar-refractivity contribution is 5.97. The number of likely N-dealkylation sites (tertiary alicyclic amines) is 1. The normalized spacial score (nSPS) is 21.1. The topological polar surface area (TPSA) is 67.9 Å². The van der Waals surface area contributed by atoms with Crippen molar-refractivity contribution in [2.75, 3.05) is 13.1 Å². The standard InChI is InChI=1S/C23H34N2O4/c1-16(17-9-8-14-25(15-17)22(27)29-23(2,3)4)24-21(26)19-12-5-6-13-20(19)28-18-10-7-11-18/h5-6,12-13,16-18H,7-11,14-15H2,1-4H3,(H,24,26). The zero-order valence-electron chi connectivity index (χ0n) is 18.1. The lowest BCUT2D eigenvalue weighted by molar-refractivity contribution is 0.0150. The van der Waals surface area contributed by atoms with Crippen molar-refractivity contribution in [1.82, 2.24) is 10.2 Å². The van der Waals surface area contributed by atoms with E-state index in [1.165, 1.54) is 6.42 Å². The highest BCUT2D eigenvalue weighted by atomic mass is 16.6. The molecule has 1 aromatic carbocycles. The second kappa shape index (κ2) is 9.06. The summed E-state index contributed by atoms with van der Waals surface area (Å²) in [5, 5.41) is 3.13. The van der Waals surface area contributed by atoms with Crippen molar-refractivity contribution in [3.63, 3.8) is 0 Å². The van der Waals surface area contributed by atoms with Gasteiger partial charge in [-0.25, -0.2) is 4.79 Å². The number of carbonyl (C=O) groups excluding carboxylic acids is 2. The highest BCUT2D eigenvalue weighted by Gasteiger charge is 2.31. The maximum Gasteiger partial charge on any atom is 0.410 e. The van der Waals surface area contributed by atoms with E-state index in [0.29, 0.717) is 24.4 Å². The molecule has 1 aliphatic heterocycles. The van der Waals surface area contributed by atoms with Gasteiger partial charge in [-0.15, -0.1) is 0 Å². The maximum atomic E-state index is 12.9. The van der Waals surface area contributed by atoms with Crippen molar-refractivity contribution in [3.05, 3.63) is 29.8 Å². The van der Waals surface area contributed by atoms with Crippen LogP contribution in [0.1, 0.15) is 70.2 Å². The van der Waals surface area contributed by atoms with E-state index in [-0.39, 0.29) is 30.1 Å². The van der Waals surface area contributed by atoms with Crippen molar-refractivity contribution in [2.45, 2.75) is 77.5 Å². The predicted octanol–water partition coefficient (Wildman–Crippen LogP) is 4.38. The third kappa shape index (κ3) is 5.87. The van der Waals surface area contributed by atoms with Crippen molar-refractivity contribution in [3.8, 4) is 5.75 Å². The fraction of sp³-hybridized carbons (Fsp3) is 0.652. The summed E-state index contributed by atoms with van der Waals surface area (Å²) in [6, 6.07) is 7.38. The first-order chi connectivity index (χ1) is 13.7. The molecule has 6 heteroatoms. The number of rotatable bonds is 5. The number of nitrogens with one attached hydrogen (secondary N) is 1. The van der Waals surface area contributed by atoms with Gasteiger partial charge < -0.3 is 19.7 Å². The molecular weight excluding hydrogens is 368 g/mol. The van der Waals surface area contributed by atoms with Gasteiger partial charge in [-0.2, -0.15) is 0 Å². The van der Waals surface area contributed by atoms with Crippen LogP contribution in [0.3, 0.4) is 0 Å². The number of ether oxygens (including phenoxy) is 2. The number of amides is 2. The first kappa shape index (κ1) is 21.5. The Morgan fingerprint density at radius 2 is 1.86 bits per heavy atom. The molecule has 1 heterocycles. The molecule has 1 aromatic rings. The summed E-state index contributed by atoms with van der Waals surface area (Å²) in [5.41, 5.74) is 0.0691. The quantitative estimate of drug-likeness (QED) is 0.793. The maximum absolute atomic E-state index is 12.9. The number of nitrogens with zero attached hydrogens (tertiary/aromatic N) is 1. The van der Waals surface area contributed by atoms with Gasteiger partial charge >= 0.3 is 6.09 Å². The molecule has 1 N–H and O–H groups in total. The van der Waals surface area contributed by atoms with Gasteiger partial charge in [0.15, 0.2) is 0 Å². The number of piperidine rings is 1. The lowest BCUT2D eigenvalue weighted by atomic mass is 9.91. The third-order valence-electron chi connectivity index (χ3n) is 5.65. The van der Waals surface area contributed by atoms with Crippen molar-refractivity contribution in [2.24, 2.45) is 5.92 Å². The van der Waals surface area contributed by atoms with Crippen LogP contribution in [0.25, 0.3) is 0 Å². The van der Waals surface area contributed by atoms with Crippen LogP contribution in [-0.2, 0) is 4.74 Å². The summed E-state index contributed by atoms with van der Waals surface area (Å²) in [6.45, 7) is 8.92. The first-order valence-corrected chi connectivity index (χ1v) is 10.8. The Bertz CT molecular complexity index is 724. The summed E-state index contributed by atoms with van der Waals surface area (Å²) in [6.07, 6.45) is 5.12. The summed E-state index contributed by atoms with van der Waals surface area (Å²) in [4.78, 5) is 27.1. The summed E-state index contributed by atoms with van der Waals surface area (Å²) < 4.78 is 11.5. The second-order valence-electron chi connectivity index (χ2n) is 9.26. The first-order valence-electron chi connectivity index (χ1n) is 10.8. The lowest BCUT2D eigenvalue weighted by Gasteiger charge is -2.36. The average Bonchev–Trinajstić information content (AvgIpc) is 2.63. The average molecular weight is 403 g/mol. The monoisotopic (exact) mass is 402 g/mol. The highest BCUT2D eigenvalue weighted by Crippen LogP contribution is 2.28. The molecule has 0 spiro atoms. The molecule has 2 unspecified atom stereocenters. The van der Waals surface area contributed by atoms with Gasteiger partial charge in [0.2, 0.25) is 0 Å². The van der Waals surface area contributed by atoms with Crippen LogP contribution < -0.4 is 10.1 Å². The minimum Gasteiger partial charge on any atom is -0.490 e. The Kier molecular flexibility index (Phi) is 6.70. The SMILES string of the molecule is CC(NC(=O)c1ccccc1OC1CCC1)C1CCCN(C(=O)OC(C)(C)C)C1. The van der Waals surface area contributed by atoms with E-state index in [9.17, 15) is 9.59 Å². The molecule has 1 aliphatic carbocycles. The summed E-state index contributed by atoms with van der Waals surface area (Å²) in [5.74, 6) is 0.725. The molecule has 160 valence electrons. The van der Waals surface area contributed by atoms with Gasteiger partial charge in [0.05, 0.1) is 11.7 Å². The molecule has 0 aromatic heterocycles. The Hall–Kier alpha value is -2.24. The Morgan fingerprint density at radius 1 is 1.14 bits per heavy atom. The molecule has 2 fully saturated rings. The van der Waals surface area contributed by atoms with Crippen LogP contribution in [0.5, 0.6) is 5.75 Å². The van der Waals surface area contributed by atoms with Gasteiger partial charge in [-0.3, -0.25) is 4.79 Å². The summed E-state index contributed by atoms with van der Waals surface area (Å²) in [7, 11) is 0. The van der Waals surface area contributed by atoms with E-state index in [2.05, 4.69) is 5.32 Å². The number of carbonyl (C=O) groups is 2. The van der Waals surface area contributed by atoms with Crippen LogP contribution in [0, 0.1) is 5.92 Å². The Labute approximate surface area is 173 Å². The van der Waals surface area contributed by atoms with E-state index in [0.717, 1.165) is 25.7 Å². The molecule has 2 amide bonds. The smallest absolute Gasteiger partial charge is 0.410 e. The molecule has 6 nitrogen and oxygen atoms in total. The van der Waals surface area contributed by atoms with Crippen molar-refractivity contribution >= 4 is 12.0 Å². The second-order valence-corrected chi connectivity index (χ2v) is 9.26. The van der Waals surface area contributed by atoms with Crippen LogP contribution >= 0.6 is 0 Å². The largest absolute Gasteiger partial charge is 0.490 e. The number of hydrogen-bond acceptors (Lipinski definition) is 4. The van der Waals surface area contributed by atoms with Crippen LogP contribution in [-0.4, -0.2) is 47.7 Å². The number of benzene rings is 1. The minimum absolute atomic E-state index is 0.0514. The van der Waals surface area contributed by atoms with Crippen molar-refractivity contribution in [1.29, 1.82) is 0 Å². The number of hydrogen-bond donors (Lipinski definition) is 1.